The van der Waals surface area contributed by atoms with Crippen LogP contribution in [0.4, 0.5) is 5.69 Å². The molecule has 1 aromatic rings. The van der Waals surface area contributed by atoms with Crippen LogP contribution in [0.25, 0.3) is 0 Å². The van der Waals surface area contributed by atoms with Gasteiger partial charge in [-0.15, -0.1) is 0 Å². The van der Waals surface area contributed by atoms with Gasteiger partial charge in [-0.25, -0.2) is 0 Å². The van der Waals surface area contributed by atoms with Gasteiger partial charge in [0.1, 0.15) is 5.84 Å². The molecule has 30 heavy (non-hydrogen) atoms. The number of nitrogens with one attached hydrogen (secondary N) is 1. The highest BCUT2D eigenvalue weighted by Crippen LogP contribution is 2.57. The number of piperidine rings is 1. The fourth-order valence-corrected chi connectivity index (χ4v) is 5.33. The molecule has 3 unspecified atom stereocenters. The normalized spacial score (nSPS) is 29.8. The molecule has 158 valence electrons. The number of aliphatic imine (C=N–C) groups is 1. The van der Waals surface area contributed by atoms with E-state index in [0.717, 1.165) is 43.8 Å². The molecule has 0 radical (unpaired) electrons. The molecule has 1 aliphatic carbocycles. The predicted octanol–water partition coefficient (Wildman–Crippen LogP) is 2.78. The second-order valence-electron chi connectivity index (χ2n) is 8.55. The first kappa shape index (κ1) is 19.6. The zero-order chi connectivity index (χ0) is 20.9. The van der Waals surface area contributed by atoms with Gasteiger partial charge in [0.25, 0.3) is 0 Å². The van der Waals surface area contributed by atoms with Gasteiger partial charge in [0, 0.05) is 42.5 Å². The summed E-state index contributed by atoms with van der Waals surface area (Å²) in [5, 5.41) is 13.5. The first-order valence-electron chi connectivity index (χ1n) is 10.8. The van der Waals surface area contributed by atoms with Crippen LogP contribution in [0, 0.1) is 5.92 Å². The zero-order valence-corrected chi connectivity index (χ0v) is 17.8. The Morgan fingerprint density at radius 1 is 1.30 bits per heavy atom. The quantitative estimate of drug-likeness (QED) is 0.759. The highest BCUT2D eigenvalue weighted by Gasteiger charge is 2.75. The third kappa shape index (κ3) is 3.05. The molecule has 1 aromatic carbocycles. The van der Waals surface area contributed by atoms with Crippen LogP contribution in [0.2, 0.25) is 0 Å². The average molecular weight is 427 g/mol. The number of aliphatic hydroxyl groups is 1. The van der Waals surface area contributed by atoms with E-state index in [9.17, 15) is 9.90 Å². The number of carbonyl (C=O) groups excluding carboxylic acids is 1. The number of amidine groups is 1. The van der Waals surface area contributed by atoms with E-state index in [2.05, 4.69) is 41.4 Å². The lowest BCUT2D eigenvalue weighted by molar-refractivity contribution is -0.126. The Balaban J connectivity index is 1.24. The summed E-state index contributed by atoms with van der Waals surface area (Å²) in [5.74, 6) is 1.04. The molecule has 5 rings (SSSR count). The fourth-order valence-electron chi connectivity index (χ4n) is 5.17. The lowest BCUT2D eigenvalue weighted by Gasteiger charge is -2.31. The fraction of sp³-hybridized carbons (Fsp3) is 0.478. The Morgan fingerprint density at radius 2 is 2.03 bits per heavy atom. The second kappa shape index (κ2) is 7.43. The maximum absolute atomic E-state index is 13.3. The summed E-state index contributed by atoms with van der Waals surface area (Å²) in [7, 11) is 0. The number of carbonyl (C=O) groups is 1. The van der Waals surface area contributed by atoms with Crippen LogP contribution >= 0.6 is 11.6 Å². The Labute approximate surface area is 181 Å². The molecule has 4 aliphatic rings. The largest absolute Gasteiger partial charge is 0.393 e. The van der Waals surface area contributed by atoms with E-state index in [0.29, 0.717) is 11.6 Å². The summed E-state index contributed by atoms with van der Waals surface area (Å²) < 4.78 is 0. The summed E-state index contributed by atoms with van der Waals surface area (Å²) >= 11 is 6.11. The lowest BCUT2D eigenvalue weighted by Crippen LogP contribution is -2.50. The van der Waals surface area contributed by atoms with Crippen molar-refractivity contribution >= 4 is 29.0 Å². The molecule has 3 atom stereocenters. The maximum Gasteiger partial charge on any atom is 0.249 e. The predicted molar refractivity (Wildman–Crippen MR) is 118 cm³/mol. The van der Waals surface area contributed by atoms with Crippen molar-refractivity contribution in [3.05, 3.63) is 53.2 Å². The third-order valence-electron chi connectivity index (χ3n) is 6.88. The van der Waals surface area contributed by atoms with Gasteiger partial charge in [-0.3, -0.25) is 9.79 Å². The van der Waals surface area contributed by atoms with Crippen molar-refractivity contribution in [3.63, 3.8) is 0 Å². The molecule has 1 saturated heterocycles. The van der Waals surface area contributed by atoms with E-state index in [1.807, 2.05) is 23.3 Å². The number of benzene rings is 1. The van der Waals surface area contributed by atoms with Crippen LogP contribution in [0.5, 0.6) is 0 Å². The molecule has 0 spiro atoms. The molecule has 3 aliphatic heterocycles. The highest BCUT2D eigenvalue weighted by atomic mass is 35.5. The van der Waals surface area contributed by atoms with Crippen LogP contribution in [0.1, 0.15) is 31.7 Å². The number of aliphatic hydroxyl groups excluding tert-OH is 1. The van der Waals surface area contributed by atoms with Gasteiger partial charge < -0.3 is 20.2 Å². The van der Waals surface area contributed by atoms with E-state index >= 15 is 0 Å². The van der Waals surface area contributed by atoms with Gasteiger partial charge in [0.05, 0.1) is 12.1 Å². The van der Waals surface area contributed by atoms with Crippen molar-refractivity contribution in [2.24, 2.45) is 10.9 Å². The van der Waals surface area contributed by atoms with Gasteiger partial charge >= 0.3 is 0 Å². The second-order valence-corrected chi connectivity index (χ2v) is 8.99. The van der Waals surface area contributed by atoms with Gasteiger partial charge in [-0.1, -0.05) is 30.7 Å². The van der Waals surface area contributed by atoms with E-state index < -0.39 is 5.54 Å². The number of halogens is 1. The lowest BCUT2D eigenvalue weighted by atomic mass is 10.1. The molecular formula is C23H27ClN4O2. The van der Waals surface area contributed by atoms with Crippen LogP contribution in [0.3, 0.4) is 0 Å². The third-order valence-corrected chi connectivity index (χ3v) is 7.11. The van der Waals surface area contributed by atoms with Gasteiger partial charge in [0.15, 0.2) is 5.54 Å². The number of amides is 1. The smallest absolute Gasteiger partial charge is 0.249 e. The van der Waals surface area contributed by atoms with Crippen molar-refractivity contribution in [1.29, 1.82) is 0 Å². The molecule has 2 fully saturated rings. The first-order valence-corrected chi connectivity index (χ1v) is 11.1. The van der Waals surface area contributed by atoms with Crippen LogP contribution in [-0.2, 0) is 11.3 Å². The monoisotopic (exact) mass is 426 g/mol. The molecule has 0 aromatic heterocycles. The Bertz CT molecular complexity index is 933. The average Bonchev–Trinajstić information content (AvgIpc) is 3.28. The highest BCUT2D eigenvalue weighted by molar-refractivity contribution is 6.33. The molecule has 1 saturated carbocycles. The van der Waals surface area contributed by atoms with E-state index in [4.69, 9.17) is 16.6 Å². The summed E-state index contributed by atoms with van der Waals surface area (Å²) in [5.41, 5.74) is 1.63. The van der Waals surface area contributed by atoms with Gasteiger partial charge in [0.2, 0.25) is 5.91 Å². The van der Waals surface area contributed by atoms with Crippen molar-refractivity contribution in [2.45, 2.75) is 50.4 Å². The van der Waals surface area contributed by atoms with Gasteiger partial charge in [-0.2, -0.15) is 0 Å². The van der Waals surface area contributed by atoms with Crippen molar-refractivity contribution in [3.8, 4) is 0 Å². The van der Waals surface area contributed by atoms with Crippen LogP contribution < -0.4 is 10.2 Å². The molecule has 3 heterocycles. The minimum atomic E-state index is -0.608. The molecule has 1 amide bonds. The minimum Gasteiger partial charge on any atom is -0.393 e. The van der Waals surface area contributed by atoms with E-state index in [1.54, 1.807) is 0 Å². The van der Waals surface area contributed by atoms with Gasteiger partial charge in [-0.05, 0) is 49.1 Å². The van der Waals surface area contributed by atoms with E-state index in [1.165, 1.54) is 5.69 Å². The standard InChI is InChI=1S/C23H27ClN4O2/c1-2-19-21-23(19,28-12-7-16(24)13-20(28)26-21)22(30)25-14-15-3-5-17(6-4-15)27-10-8-18(29)9-11-27/h3-7,12-13,18-19,21,29H,2,8-11,14H2,1H3,(H,25,30). The molecule has 7 heteroatoms. The van der Waals surface area contributed by atoms with Crippen molar-refractivity contribution < 1.29 is 9.90 Å². The molecular weight excluding hydrogens is 400 g/mol. The number of hydrogen-bond donors (Lipinski definition) is 2. The molecule has 0 bridgehead atoms. The number of rotatable bonds is 5. The minimum absolute atomic E-state index is 0.00204. The number of hydrogen-bond acceptors (Lipinski definition) is 5. The number of nitrogens with zero attached hydrogens (tertiary/aromatic N) is 3. The maximum atomic E-state index is 13.3. The van der Waals surface area contributed by atoms with Crippen molar-refractivity contribution in [1.82, 2.24) is 10.2 Å². The van der Waals surface area contributed by atoms with Crippen molar-refractivity contribution in [2.75, 3.05) is 18.0 Å². The van der Waals surface area contributed by atoms with Crippen LogP contribution in [-0.4, -0.2) is 52.5 Å². The topological polar surface area (TPSA) is 68.2 Å². The summed E-state index contributed by atoms with van der Waals surface area (Å²) in [6, 6.07) is 8.34. The van der Waals surface area contributed by atoms with Crippen LogP contribution in [0.15, 0.2) is 52.6 Å². The summed E-state index contributed by atoms with van der Waals surface area (Å²) in [6.45, 7) is 4.36. The summed E-state index contributed by atoms with van der Waals surface area (Å²) in [6.07, 6.45) is 7.91. The Morgan fingerprint density at radius 3 is 2.73 bits per heavy atom. The molecule has 2 N–H and O–H groups in total. The summed E-state index contributed by atoms with van der Waals surface area (Å²) in [4.78, 5) is 22.3. The zero-order valence-electron chi connectivity index (χ0n) is 17.1. The Kier molecular flexibility index (Phi) is 4.86. The SMILES string of the molecule is CCC1C2N=C3C=C(Cl)C=CN3C12C(=O)NCc1ccc(N2CCC(O)CC2)cc1. The number of anilines is 1. The Hall–Kier alpha value is -2.31. The number of fused-ring (bicyclic) bond motifs is 3. The first-order chi connectivity index (χ1) is 14.5. The number of allylic oxidation sites excluding steroid dienone is 2. The molecule has 6 nitrogen and oxygen atoms in total. The van der Waals surface area contributed by atoms with E-state index in [-0.39, 0.29) is 24.0 Å².